The van der Waals surface area contributed by atoms with Crippen molar-refractivity contribution in [1.29, 1.82) is 0 Å². The third-order valence-corrected chi connectivity index (χ3v) is 2.82. The molecule has 108 valence electrons. The Morgan fingerprint density at radius 2 is 2.16 bits per heavy atom. The summed E-state index contributed by atoms with van der Waals surface area (Å²) >= 11 is 0. The van der Waals surface area contributed by atoms with Gasteiger partial charge in [0.05, 0.1) is 0 Å². The van der Waals surface area contributed by atoms with Gasteiger partial charge in [-0.05, 0) is 31.5 Å². The zero-order chi connectivity index (χ0) is 13.4. The maximum atomic E-state index is 11.3. The molecule has 0 radical (unpaired) electrons. The summed E-state index contributed by atoms with van der Waals surface area (Å²) in [7, 11) is 0. The molecule has 0 saturated heterocycles. The molecule has 3 N–H and O–H groups in total. The molecular formula is C14H24ClN3O. The normalized spacial score (nSPS) is 9.63. The number of aryl methyl sites for hydroxylation is 1. The molecule has 1 aromatic carbocycles. The monoisotopic (exact) mass is 285 g/mol. The van der Waals surface area contributed by atoms with Crippen LogP contribution in [0.15, 0.2) is 24.3 Å². The maximum Gasteiger partial charge on any atom is 0.221 e. The molecule has 1 rings (SSSR count). The van der Waals surface area contributed by atoms with Crippen LogP contribution in [0.1, 0.15) is 18.9 Å². The van der Waals surface area contributed by atoms with Gasteiger partial charge in [-0.1, -0.05) is 12.1 Å². The fourth-order valence-corrected chi connectivity index (χ4v) is 1.84. The molecule has 19 heavy (non-hydrogen) atoms. The lowest BCUT2D eigenvalue weighted by molar-refractivity contribution is -0.120. The lowest BCUT2D eigenvalue weighted by Gasteiger charge is -2.23. The van der Waals surface area contributed by atoms with Crippen molar-refractivity contribution in [2.45, 2.75) is 20.3 Å². The minimum atomic E-state index is 0. The van der Waals surface area contributed by atoms with Crippen LogP contribution in [0.3, 0.4) is 0 Å². The summed E-state index contributed by atoms with van der Waals surface area (Å²) in [6, 6.07) is 8.39. The Hall–Kier alpha value is -1.26. The van der Waals surface area contributed by atoms with Gasteiger partial charge in [-0.2, -0.15) is 0 Å². The van der Waals surface area contributed by atoms with Gasteiger partial charge in [0.15, 0.2) is 0 Å². The molecule has 0 saturated carbocycles. The Morgan fingerprint density at radius 3 is 2.74 bits per heavy atom. The SMILES string of the molecule is CCN(CCNC(=O)CCN)c1cccc(C)c1.Cl. The minimum Gasteiger partial charge on any atom is -0.370 e. The predicted octanol–water partition coefficient (Wildman–Crippen LogP) is 1.71. The summed E-state index contributed by atoms with van der Waals surface area (Å²) in [5.74, 6) is 0.0257. The van der Waals surface area contributed by atoms with E-state index in [2.05, 4.69) is 48.3 Å². The lowest BCUT2D eigenvalue weighted by atomic mass is 10.2. The largest absolute Gasteiger partial charge is 0.370 e. The van der Waals surface area contributed by atoms with E-state index in [-0.39, 0.29) is 18.3 Å². The minimum absolute atomic E-state index is 0. The van der Waals surface area contributed by atoms with Gasteiger partial charge in [-0.25, -0.2) is 0 Å². The molecule has 0 unspecified atom stereocenters. The number of carbonyl (C=O) groups is 1. The second-order valence-corrected chi connectivity index (χ2v) is 4.31. The molecule has 0 bridgehead atoms. The van der Waals surface area contributed by atoms with Crippen molar-refractivity contribution in [1.82, 2.24) is 5.32 Å². The van der Waals surface area contributed by atoms with Gasteiger partial charge < -0.3 is 16.0 Å². The lowest BCUT2D eigenvalue weighted by Crippen LogP contribution is -2.35. The summed E-state index contributed by atoms with van der Waals surface area (Å²) < 4.78 is 0. The Bertz CT molecular complexity index is 385. The number of nitrogens with one attached hydrogen (secondary N) is 1. The Labute approximate surface area is 121 Å². The molecule has 0 aliphatic heterocycles. The van der Waals surface area contributed by atoms with E-state index in [1.54, 1.807) is 0 Å². The summed E-state index contributed by atoms with van der Waals surface area (Å²) in [6.07, 6.45) is 0.399. The highest BCUT2D eigenvalue weighted by Gasteiger charge is 2.05. The number of hydrogen-bond donors (Lipinski definition) is 2. The number of hydrogen-bond acceptors (Lipinski definition) is 3. The van der Waals surface area contributed by atoms with Crippen molar-refractivity contribution in [2.24, 2.45) is 5.73 Å². The smallest absolute Gasteiger partial charge is 0.221 e. The van der Waals surface area contributed by atoms with Crippen molar-refractivity contribution in [3.8, 4) is 0 Å². The van der Waals surface area contributed by atoms with E-state index in [9.17, 15) is 4.79 Å². The number of halogens is 1. The summed E-state index contributed by atoms with van der Waals surface area (Å²) in [5, 5.41) is 2.87. The first kappa shape index (κ1) is 17.7. The average Bonchev–Trinajstić information content (AvgIpc) is 2.35. The van der Waals surface area contributed by atoms with Gasteiger partial charge >= 0.3 is 0 Å². The van der Waals surface area contributed by atoms with Crippen LogP contribution >= 0.6 is 12.4 Å². The van der Waals surface area contributed by atoms with Crippen LogP contribution in [-0.4, -0.2) is 32.1 Å². The number of nitrogens with zero attached hydrogens (tertiary/aromatic N) is 1. The maximum absolute atomic E-state index is 11.3. The van der Waals surface area contributed by atoms with Crippen LogP contribution in [0.25, 0.3) is 0 Å². The first-order valence-corrected chi connectivity index (χ1v) is 6.45. The molecule has 0 heterocycles. The standard InChI is InChI=1S/C14H23N3O.ClH/c1-3-17(10-9-16-14(18)7-8-15)13-6-4-5-12(2)11-13;/h4-6,11H,3,7-10,15H2,1-2H3,(H,16,18);1H. The van der Waals surface area contributed by atoms with Gasteiger partial charge in [0.25, 0.3) is 0 Å². The highest BCUT2D eigenvalue weighted by molar-refractivity contribution is 5.85. The third kappa shape index (κ3) is 6.45. The van der Waals surface area contributed by atoms with E-state index in [1.165, 1.54) is 11.3 Å². The molecule has 0 aromatic heterocycles. The molecule has 0 aliphatic carbocycles. The average molecular weight is 286 g/mol. The van der Waals surface area contributed by atoms with E-state index < -0.39 is 0 Å². The van der Waals surface area contributed by atoms with Crippen molar-refractivity contribution in [2.75, 3.05) is 31.1 Å². The molecule has 4 nitrogen and oxygen atoms in total. The second kappa shape index (κ2) is 9.64. The Morgan fingerprint density at radius 1 is 1.42 bits per heavy atom. The highest BCUT2D eigenvalue weighted by atomic mass is 35.5. The molecule has 0 spiro atoms. The molecule has 0 aliphatic rings. The number of likely N-dealkylation sites (N-methyl/N-ethyl adjacent to an activating group) is 1. The van der Waals surface area contributed by atoms with Crippen molar-refractivity contribution in [3.05, 3.63) is 29.8 Å². The molecule has 1 aromatic rings. The van der Waals surface area contributed by atoms with Crippen LogP contribution in [-0.2, 0) is 4.79 Å². The van der Waals surface area contributed by atoms with E-state index in [4.69, 9.17) is 5.73 Å². The van der Waals surface area contributed by atoms with Crippen LogP contribution in [0.2, 0.25) is 0 Å². The molecule has 5 heteroatoms. The fourth-order valence-electron chi connectivity index (χ4n) is 1.84. The Balaban J connectivity index is 0.00000324. The number of benzene rings is 1. The number of nitrogens with two attached hydrogens (primary N) is 1. The van der Waals surface area contributed by atoms with E-state index >= 15 is 0 Å². The van der Waals surface area contributed by atoms with Crippen molar-refractivity contribution >= 4 is 24.0 Å². The molecular weight excluding hydrogens is 262 g/mol. The van der Waals surface area contributed by atoms with Crippen molar-refractivity contribution in [3.63, 3.8) is 0 Å². The van der Waals surface area contributed by atoms with Gasteiger partial charge in [0, 0.05) is 38.3 Å². The van der Waals surface area contributed by atoms with Gasteiger partial charge in [-0.3, -0.25) is 4.79 Å². The van der Waals surface area contributed by atoms with Crippen LogP contribution in [0, 0.1) is 6.92 Å². The molecule has 0 fully saturated rings. The van der Waals surface area contributed by atoms with Gasteiger partial charge in [-0.15, -0.1) is 12.4 Å². The summed E-state index contributed by atoms with van der Waals surface area (Å²) in [4.78, 5) is 13.5. The zero-order valence-electron chi connectivity index (χ0n) is 11.7. The van der Waals surface area contributed by atoms with Crippen molar-refractivity contribution < 1.29 is 4.79 Å². The van der Waals surface area contributed by atoms with Crippen LogP contribution < -0.4 is 16.0 Å². The van der Waals surface area contributed by atoms with Crippen LogP contribution in [0.4, 0.5) is 5.69 Å². The predicted molar refractivity (Wildman–Crippen MR) is 83.0 cm³/mol. The van der Waals surface area contributed by atoms with E-state index in [0.29, 0.717) is 19.5 Å². The fraction of sp³-hybridized carbons (Fsp3) is 0.500. The second-order valence-electron chi connectivity index (χ2n) is 4.31. The molecule has 0 atom stereocenters. The topological polar surface area (TPSA) is 58.4 Å². The quantitative estimate of drug-likeness (QED) is 0.802. The Kier molecular flexibility index (Phi) is 9.00. The third-order valence-electron chi connectivity index (χ3n) is 2.82. The summed E-state index contributed by atoms with van der Waals surface area (Å²) in [6.45, 7) is 7.00. The highest BCUT2D eigenvalue weighted by Crippen LogP contribution is 2.14. The van der Waals surface area contributed by atoms with Gasteiger partial charge in [0.1, 0.15) is 0 Å². The first-order valence-electron chi connectivity index (χ1n) is 6.45. The number of amides is 1. The number of carbonyl (C=O) groups excluding carboxylic acids is 1. The first-order chi connectivity index (χ1) is 8.67. The van der Waals surface area contributed by atoms with Crippen LogP contribution in [0.5, 0.6) is 0 Å². The number of rotatable bonds is 7. The summed E-state index contributed by atoms with van der Waals surface area (Å²) in [5.41, 5.74) is 7.77. The zero-order valence-corrected chi connectivity index (χ0v) is 12.5. The van der Waals surface area contributed by atoms with Gasteiger partial charge in [0.2, 0.25) is 5.91 Å². The number of anilines is 1. The molecule has 1 amide bonds. The van der Waals surface area contributed by atoms with E-state index in [0.717, 1.165) is 13.1 Å². The van der Waals surface area contributed by atoms with E-state index in [1.807, 2.05) is 0 Å².